The van der Waals surface area contributed by atoms with E-state index in [4.69, 9.17) is 13.9 Å². The van der Waals surface area contributed by atoms with E-state index in [1.54, 1.807) is 45.4 Å². The standard InChI is InChI=1S/C27H22Br2N4O5S2/c1-5-37-24(35)21-14(3)32-27-33(22(21)15-6-7-19(36-4)17(28)10-15)23(34)20(39-27)12-16-11-18(29)25(38-16)40-26-30-9-8-13(2)31-26/h6-12,22H,5H2,1-4H3/b20-12+/t22-/m1/s1. The molecule has 1 aliphatic rings. The number of aryl methyl sites for hydroxylation is 1. The predicted molar refractivity (Wildman–Crippen MR) is 158 cm³/mol. The van der Waals surface area contributed by atoms with E-state index in [-0.39, 0.29) is 12.2 Å². The molecule has 0 fully saturated rings. The Kier molecular flexibility index (Phi) is 8.45. The maximum Gasteiger partial charge on any atom is 0.338 e. The number of furan rings is 1. The molecule has 4 aromatic rings. The Morgan fingerprint density at radius 1 is 1.23 bits per heavy atom. The Morgan fingerprint density at radius 3 is 2.73 bits per heavy atom. The maximum absolute atomic E-state index is 13.9. The number of halogens is 2. The van der Waals surface area contributed by atoms with Crippen LogP contribution in [-0.2, 0) is 9.53 Å². The first kappa shape index (κ1) is 28.5. The molecule has 0 saturated carbocycles. The van der Waals surface area contributed by atoms with Gasteiger partial charge in [0.15, 0.2) is 15.1 Å². The first-order valence-corrected chi connectivity index (χ1v) is 15.2. The van der Waals surface area contributed by atoms with Crippen LogP contribution in [0.5, 0.6) is 5.75 Å². The van der Waals surface area contributed by atoms with Crippen molar-refractivity contribution < 1.29 is 18.7 Å². The van der Waals surface area contributed by atoms with E-state index >= 15 is 0 Å². The van der Waals surface area contributed by atoms with Crippen molar-refractivity contribution in [1.82, 2.24) is 14.5 Å². The molecule has 4 heterocycles. The van der Waals surface area contributed by atoms with E-state index in [9.17, 15) is 9.59 Å². The van der Waals surface area contributed by atoms with Crippen LogP contribution in [0, 0.1) is 6.92 Å². The molecule has 0 radical (unpaired) electrons. The second-order valence-electron chi connectivity index (χ2n) is 8.56. The van der Waals surface area contributed by atoms with Crippen molar-refractivity contribution in [2.24, 2.45) is 4.99 Å². The van der Waals surface area contributed by atoms with E-state index in [2.05, 4.69) is 46.8 Å². The number of fused-ring (bicyclic) bond motifs is 1. The van der Waals surface area contributed by atoms with E-state index < -0.39 is 12.0 Å². The lowest BCUT2D eigenvalue weighted by atomic mass is 9.96. The minimum Gasteiger partial charge on any atom is -0.496 e. The van der Waals surface area contributed by atoms with Gasteiger partial charge in [-0.05, 0) is 94.2 Å². The van der Waals surface area contributed by atoms with Crippen molar-refractivity contribution in [3.8, 4) is 5.75 Å². The molecule has 5 rings (SSSR count). The van der Waals surface area contributed by atoms with E-state index in [0.29, 0.717) is 56.9 Å². The van der Waals surface area contributed by atoms with Crippen LogP contribution < -0.4 is 19.6 Å². The summed E-state index contributed by atoms with van der Waals surface area (Å²) in [7, 11) is 1.57. The SMILES string of the molecule is CCOC(=O)C1=C(C)N=c2s/c(=C/c3cc(Br)c(Sc4nccc(C)n4)o3)c(=O)n2[C@@H]1c1ccc(OC)c(Br)c1. The molecule has 1 aliphatic heterocycles. The Hall–Kier alpha value is -3.00. The van der Waals surface area contributed by atoms with Crippen LogP contribution in [0.2, 0.25) is 0 Å². The molecule has 40 heavy (non-hydrogen) atoms. The van der Waals surface area contributed by atoms with Crippen molar-refractivity contribution >= 4 is 67.0 Å². The first-order chi connectivity index (χ1) is 19.2. The number of esters is 1. The van der Waals surface area contributed by atoms with Crippen molar-refractivity contribution in [3.05, 3.63) is 93.4 Å². The summed E-state index contributed by atoms with van der Waals surface area (Å²) in [6.07, 6.45) is 3.35. The zero-order valence-electron chi connectivity index (χ0n) is 21.7. The van der Waals surface area contributed by atoms with Crippen LogP contribution in [0.3, 0.4) is 0 Å². The first-order valence-electron chi connectivity index (χ1n) is 12.0. The molecule has 9 nitrogen and oxygen atoms in total. The lowest BCUT2D eigenvalue weighted by molar-refractivity contribution is -0.139. The number of aromatic nitrogens is 3. The number of carbonyl (C=O) groups excluding carboxylic acids is 1. The molecule has 0 amide bonds. The highest BCUT2D eigenvalue weighted by Crippen LogP contribution is 2.36. The molecule has 0 spiro atoms. The summed E-state index contributed by atoms with van der Waals surface area (Å²) < 4.78 is 20.1. The van der Waals surface area contributed by atoms with E-state index in [1.165, 1.54) is 27.7 Å². The summed E-state index contributed by atoms with van der Waals surface area (Å²) in [6.45, 7) is 5.57. The van der Waals surface area contributed by atoms with Crippen LogP contribution in [0.4, 0.5) is 0 Å². The molecule has 0 aliphatic carbocycles. The average molecular weight is 706 g/mol. The highest BCUT2D eigenvalue weighted by Gasteiger charge is 2.33. The zero-order chi connectivity index (χ0) is 28.6. The average Bonchev–Trinajstić information content (AvgIpc) is 3.40. The van der Waals surface area contributed by atoms with Gasteiger partial charge in [0.2, 0.25) is 0 Å². The summed E-state index contributed by atoms with van der Waals surface area (Å²) in [4.78, 5) is 40.7. The normalized spacial score (nSPS) is 15.2. The van der Waals surface area contributed by atoms with Crippen molar-refractivity contribution in [2.45, 2.75) is 37.1 Å². The van der Waals surface area contributed by atoms with Gasteiger partial charge in [-0.15, -0.1) is 0 Å². The van der Waals surface area contributed by atoms with Gasteiger partial charge in [0.1, 0.15) is 11.5 Å². The van der Waals surface area contributed by atoms with Gasteiger partial charge in [0.25, 0.3) is 5.56 Å². The number of hydrogen-bond donors (Lipinski definition) is 0. The molecule has 0 unspecified atom stereocenters. The third-order valence-electron chi connectivity index (χ3n) is 5.91. The minimum atomic E-state index is -0.743. The van der Waals surface area contributed by atoms with Gasteiger partial charge < -0.3 is 13.9 Å². The summed E-state index contributed by atoms with van der Waals surface area (Å²) in [6, 6.07) is 8.30. The Balaban J connectivity index is 1.61. The van der Waals surface area contributed by atoms with Gasteiger partial charge >= 0.3 is 5.97 Å². The maximum atomic E-state index is 13.9. The minimum absolute atomic E-state index is 0.195. The molecule has 0 N–H and O–H groups in total. The van der Waals surface area contributed by atoms with Gasteiger partial charge in [0.05, 0.1) is 44.5 Å². The largest absolute Gasteiger partial charge is 0.496 e. The Labute approximate surface area is 253 Å². The highest BCUT2D eigenvalue weighted by molar-refractivity contribution is 9.10. The van der Waals surface area contributed by atoms with E-state index in [1.807, 2.05) is 25.1 Å². The van der Waals surface area contributed by atoms with Gasteiger partial charge in [-0.25, -0.2) is 19.8 Å². The predicted octanol–water partition coefficient (Wildman–Crippen LogP) is 5.17. The lowest BCUT2D eigenvalue weighted by Crippen LogP contribution is -2.39. The van der Waals surface area contributed by atoms with Crippen molar-refractivity contribution in [3.63, 3.8) is 0 Å². The monoisotopic (exact) mass is 704 g/mol. The number of rotatable bonds is 7. The molecule has 1 aromatic carbocycles. The number of ether oxygens (including phenoxy) is 2. The summed E-state index contributed by atoms with van der Waals surface area (Å²) in [5, 5.41) is 1.11. The number of carbonyl (C=O) groups is 1. The second-order valence-corrected chi connectivity index (χ2v) is 12.2. The molecular weight excluding hydrogens is 684 g/mol. The quantitative estimate of drug-likeness (QED) is 0.191. The third kappa shape index (κ3) is 5.60. The fourth-order valence-corrected chi connectivity index (χ4v) is 7.05. The summed E-state index contributed by atoms with van der Waals surface area (Å²) >= 11 is 9.54. The summed E-state index contributed by atoms with van der Waals surface area (Å²) in [5.74, 6) is 0.574. The molecule has 0 bridgehead atoms. The fraction of sp³-hybridized carbons (Fsp3) is 0.222. The van der Waals surface area contributed by atoms with Crippen LogP contribution in [0.15, 0.2) is 81.2 Å². The molecule has 206 valence electrons. The fourth-order valence-electron chi connectivity index (χ4n) is 4.16. The smallest absolute Gasteiger partial charge is 0.338 e. The van der Waals surface area contributed by atoms with Gasteiger partial charge in [-0.2, -0.15) is 0 Å². The highest BCUT2D eigenvalue weighted by atomic mass is 79.9. The number of thiazole rings is 1. The van der Waals surface area contributed by atoms with Crippen molar-refractivity contribution in [2.75, 3.05) is 13.7 Å². The third-order valence-corrected chi connectivity index (χ3v) is 9.24. The molecule has 1 atom stereocenters. The number of methoxy groups -OCH3 is 1. The van der Waals surface area contributed by atoms with Gasteiger partial charge in [0, 0.05) is 18.0 Å². The second kappa shape index (κ2) is 11.9. The lowest BCUT2D eigenvalue weighted by Gasteiger charge is -2.25. The number of nitrogens with zero attached hydrogens (tertiary/aromatic N) is 4. The molecular formula is C27H22Br2N4O5S2. The van der Waals surface area contributed by atoms with Crippen LogP contribution >= 0.6 is 55.0 Å². The molecule has 3 aromatic heterocycles. The van der Waals surface area contributed by atoms with Crippen LogP contribution in [0.25, 0.3) is 6.08 Å². The Morgan fingerprint density at radius 2 is 2.02 bits per heavy atom. The summed E-state index contributed by atoms with van der Waals surface area (Å²) in [5.41, 5.74) is 2.03. The van der Waals surface area contributed by atoms with E-state index in [0.717, 1.165) is 5.69 Å². The van der Waals surface area contributed by atoms with Crippen LogP contribution in [0.1, 0.15) is 36.9 Å². The zero-order valence-corrected chi connectivity index (χ0v) is 26.5. The molecule has 0 saturated heterocycles. The number of allylic oxidation sites excluding steroid dienone is 1. The van der Waals surface area contributed by atoms with Gasteiger partial charge in [-0.3, -0.25) is 9.36 Å². The number of hydrogen-bond acceptors (Lipinski definition) is 10. The molecule has 13 heteroatoms. The Bertz CT molecular complexity index is 1840. The number of benzene rings is 1. The van der Waals surface area contributed by atoms with Crippen LogP contribution in [-0.4, -0.2) is 34.2 Å². The van der Waals surface area contributed by atoms with Crippen molar-refractivity contribution in [1.29, 1.82) is 0 Å². The van der Waals surface area contributed by atoms with Gasteiger partial charge in [-0.1, -0.05) is 17.4 Å². The topological polar surface area (TPSA) is 109 Å².